The minimum Gasteiger partial charge on any atom is -0.399 e. The first kappa shape index (κ1) is 11.8. The van der Waals surface area contributed by atoms with Crippen LogP contribution >= 0.6 is 0 Å². The van der Waals surface area contributed by atoms with Crippen LogP contribution in [-0.2, 0) is 6.42 Å². The number of nitrogens with two attached hydrogens (primary N) is 1. The Morgan fingerprint density at radius 2 is 2.05 bits per heavy atom. The molecule has 19 heavy (non-hydrogen) atoms. The van der Waals surface area contributed by atoms with Crippen molar-refractivity contribution in [2.45, 2.75) is 13.3 Å². The Balaban J connectivity index is 2.02. The molecule has 0 saturated heterocycles. The van der Waals surface area contributed by atoms with Crippen LogP contribution in [0.5, 0.6) is 0 Å². The minimum absolute atomic E-state index is 0.846. The van der Waals surface area contributed by atoms with Crippen LogP contribution in [0.25, 0.3) is 6.08 Å². The molecule has 1 aliphatic rings. The number of rotatable bonds is 2. The highest BCUT2D eigenvalue weighted by molar-refractivity contribution is 5.73. The van der Waals surface area contributed by atoms with Crippen LogP contribution in [0.1, 0.15) is 16.7 Å². The third-order valence-electron chi connectivity index (χ3n) is 3.78. The predicted molar refractivity (Wildman–Crippen MR) is 82.8 cm³/mol. The fourth-order valence-corrected chi connectivity index (χ4v) is 2.75. The maximum atomic E-state index is 5.85. The van der Waals surface area contributed by atoms with Crippen molar-refractivity contribution < 1.29 is 0 Å². The largest absolute Gasteiger partial charge is 0.399 e. The summed E-state index contributed by atoms with van der Waals surface area (Å²) >= 11 is 0. The summed E-state index contributed by atoms with van der Waals surface area (Å²) in [5.74, 6) is 0. The topological polar surface area (TPSA) is 29.3 Å². The highest BCUT2D eigenvalue weighted by atomic mass is 15.2. The van der Waals surface area contributed by atoms with Crippen molar-refractivity contribution in [3.05, 3.63) is 59.7 Å². The van der Waals surface area contributed by atoms with E-state index in [0.717, 1.165) is 18.7 Å². The van der Waals surface area contributed by atoms with Gasteiger partial charge in [-0.25, -0.2) is 0 Å². The second kappa shape index (κ2) is 4.47. The monoisotopic (exact) mass is 250 g/mol. The molecule has 2 aromatic carbocycles. The van der Waals surface area contributed by atoms with E-state index in [1.54, 1.807) is 0 Å². The molecule has 2 N–H and O–H groups in total. The highest BCUT2D eigenvalue weighted by Gasteiger charge is 2.20. The van der Waals surface area contributed by atoms with Gasteiger partial charge in [0, 0.05) is 23.6 Å². The summed E-state index contributed by atoms with van der Waals surface area (Å²) in [5, 5.41) is 0. The van der Waals surface area contributed by atoms with Gasteiger partial charge in [-0.1, -0.05) is 18.7 Å². The quantitative estimate of drug-likeness (QED) is 0.819. The molecule has 0 aliphatic carbocycles. The molecule has 3 rings (SSSR count). The third-order valence-corrected chi connectivity index (χ3v) is 3.78. The van der Waals surface area contributed by atoms with Crippen molar-refractivity contribution >= 4 is 23.1 Å². The number of benzene rings is 2. The van der Waals surface area contributed by atoms with Gasteiger partial charge in [0.1, 0.15) is 0 Å². The molecule has 0 unspecified atom stereocenters. The highest BCUT2D eigenvalue weighted by Crippen LogP contribution is 2.36. The first-order valence-corrected chi connectivity index (χ1v) is 6.58. The number of aryl methyl sites for hydroxylation is 1. The van der Waals surface area contributed by atoms with Crippen molar-refractivity contribution in [3.8, 4) is 0 Å². The van der Waals surface area contributed by atoms with E-state index in [9.17, 15) is 0 Å². The molecule has 96 valence electrons. The summed E-state index contributed by atoms with van der Waals surface area (Å²) in [7, 11) is 0. The fraction of sp³-hybridized carbons (Fsp3) is 0.176. The predicted octanol–water partition coefficient (Wildman–Crippen LogP) is 3.91. The Bertz CT molecular complexity index is 644. The summed E-state index contributed by atoms with van der Waals surface area (Å²) in [6, 6.07) is 12.7. The van der Waals surface area contributed by atoms with E-state index in [4.69, 9.17) is 5.73 Å². The molecule has 2 nitrogen and oxygen atoms in total. The molecular formula is C17H18N2. The Labute approximate surface area is 114 Å². The molecule has 2 aromatic rings. The molecule has 2 heteroatoms. The number of nitrogen functional groups attached to an aromatic ring is 1. The molecule has 0 radical (unpaired) electrons. The third kappa shape index (κ3) is 1.99. The number of hydrogen-bond acceptors (Lipinski definition) is 2. The lowest BCUT2D eigenvalue weighted by molar-refractivity contribution is 0.997. The lowest BCUT2D eigenvalue weighted by Gasteiger charge is -2.20. The average Bonchev–Trinajstić information content (AvgIpc) is 2.81. The van der Waals surface area contributed by atoms with E-state index in [1.165, 1.54) is 28.1 Å². The molecule has 0 spiro atoms. The van der Waals surface area contributed by atoms with Crippen LogP contribution in [0.2, 0.25) is 0 Å². The standard InChI is InChI=1S/C17H18N2/c1-3-13-4-6-16(10-12(13)2)19-9-8-14-11-15(18)5-7-17(14)19/h3-7,10-11H,1,8-9,18H2,2H3. The van der Waals surface area contributed by atoms with Crippen LogP contribution < -0.4 is 10.6 Å². The van der Waals surface area contributed by atoms with Crippen molar-refractivity contribution in [2.75, 3.05) is 17.2 Å². The van der Waals surface area contributed by atoms with Gasteiger partial charge in [-0.05, 0) is 60.4 Å². The first-order chi connectivity index (χ1) is 9.19. The van der Waals surface area contributed by atoms with Crippen molar-refractivity contribution in [1.82, 2.24) is 0 Å². The van der Waals surface area contributed by atoms with Gasteiger partial charge in [-0.3, -0.25) is 0 Å². The molecule has 0 fully saturated rings. The van der Waals surface area contributed by atoms with Gasteiger partial charge in [-0.2, -0.15) is 0 Å². The minimum atomic E-state index is 0.846. The van der Waals surface area contributed by atoms with Gasteiger partial charge in [-0.15, -0.1) is 0 Å². The molecule has 0 bridgehead atoms. The Kier molecular flexibility index (Phi) is 2.79. The number of hydrogen-bond donors (Lipinski definition) is 1. The maximum Gasteiger partial charge on any atom is 0.0445 e. The average molecular weight is 250 g/mol. The van der Waals surface area contributed by atoms with E-state index < -0.39 is 0 Å². The zero-order chi connectivity index (χ0) is 13.4. The normalized spacial score (nSPS) is 13.4. The van der Waals surface area contributed by atoms with Crippen LogP contribution in [0.4, 0.5) is 17.1 Å². The molecular weight excluding hydrogens is 232 g/mol. The first-order valence-electron chi connectivity index (χ1n) is 6.58. The lowest BCUT2D eigenvalue weighted by atomic mass is 10.1. The second-order valence-electron chi connectivity index (χ2n) is 5.03. The van der Waals surface area contributed by atoms with Gasteiger partial charge in [0.05, 0.1) is 0 Å². The number of nitrogens with zero attached hydrogens (tertiary/aromatic N) is 1. The molecule has 0 saturated carbocycles. The van der Waals surface area contributed by atoms with E-state index >= 15 is 0 Å². The van der Waals surface area contributed by atoms with Crippen LogP contribution in [0.15, 0.2) is 43.0 Å². The van der Waals surface area contributed by atoms with Gasteiger partial charge in [0.25, 0.3) is 0 Å². The van der Waals surface area contributed by atoms with E-state index in [0.29, 0.717) is 0 Å². The smallest absolute Gasteiger partial charge is 0.0445 e. The van der Waals surface area contributed by atoms with Crippen molar-refractivity contribution in [1.29, 1.82) is 0 Å². The summed E-state index contributed by atoms with van der Waals surface area (Å²) in [5.41, 5.74) is 13.0. The Morgan fingerprint density at radius 1 is 1.21 bits per heavy atom. The fourth-order valence-electron chi connectivity index (χ4n) is 2.75. The van der Waals surface area contributed by atoms with Gasteiger partial charge in [0.15, 0.2) is 0 Å². The summed E-state index contributed by atoms with van der Waals surface area (Å²) in [4.78, 5) is 2.36. The molecule has 1 heterocycles. The summed E-state index contributed by atoms with van der Waals surface area (Å²) < 4.78 is 0. The van der Waals surface area contributed by atoms with Crippen LogP contribution in [-0.4, -0.2) is 6.54 Å². The maximum absolute atomic E-state index is 5.85. The number of fused-ring (bicyclic) bond motifs is 1. The second-order valence-corrected chi connectivity index (χ2v) is 5.03. The Hall–Kier alpha value is -2.22. The molecule has 0 aromatic heterocycles. The molecule has 0 amide bonds. The van der Waals surface area contributed by atoms with Gasteiger partial charge < -0.3 is 10.6 Å². The van der Waals surface area contributed by atoms with Gasteiger partial charge >= 0.3 is 0 Å². The van der Waals surface area contributed by atoms with Crippen molar-refractivity contribution in [2.24, 2.45) is 0 Å². The van der Waals surface area contributed by atoms with E-state index in [2.05, 4.69) is 48.7 Å². The van der Waals surface area contributed by atoms with E-state index in [-0.39, 0.29) is 0 Å². The van der Waals surface area contributed by atoms with E-state index in [1.807, 2.05) is 12.1 Å². The summed E-state index contributed by atoms with van der Waals surface area (Å²) in [6.07, 6.45) is 2.96. The van der Waals surface area contributed by atoms with Crippen LogP contribution in [0.3, 0.4) is 0 Å². The van der Waals surface area contributed by atoms with Crippen LogP contribution in [0, 0.1) is 6.92 Å². The zero-order valence-electron chi connectivity index (χ0n) is 11.2. The molecule has 1 aliphatic heterocycles. The zero-order valence-corrected chi connectivity index (χ0v) is 11.2. The summed E-state index contributed by atoms with van der Waals surface area (Å²) in [6.45, 7) is 6.98. The van der Waals surface area contributed by atoms with Crippen molar-refractivity contribution in [3.63, 3.8) is 0 Å². The van der Waals surface area contributed by atoms with Gasteiger partial charge in [0.2, 0.25) is 0 Å². The number of anilines is 3. The molecule has 0 atom stereocenters. The lowest BCUT2D eigenvalue weighted by Crippen LogP contribution is -2.13. The SMILES string of the molecule is C=Cc1ccc(N2CCc3cc(N)ccc32)cc1C. The Morgan fingerprint density at radius 3 is 2.79 bits per heavy atom.